The molecule has 0 aliphatic carbocycles. The van der Waals surface area contributed by atoms with Gasteiger partial charge in [-0.05, 0) is 42.3 Å². The van der Waals surface area contributed by atoms with Crippen molar-refractivity contribution in [3.05, 3.63) is 63.7 Å². The first-order valence-corrected chi connectivity index (χ1v) is 8.12. The Balaban J connectivity index is 2.44. The maximum Gasteiger partial charge on any atom is 0.416 e. The van der Waals surface area contributed by atoms with Gasteiger partial charge in [0.25, 0.3) is 11.8 Å². The van der Waals surface area contributed by atoms with Gasteiger partial charge >= 0.3 is 6.18 Å². The molecule has 0 aliphatic rings. The van der Waals surface area contributed by atoms with E-state index >= 15 is 0 Å². The molecule has 2 rings (SSSR count). The number of aryl methyl sites for hydroxylation is 1. The topological polar surface area (TPSA) is 72.2 Å². The van der Waals surface area contributed by atoms with E-state index in [1.54, 1.807) is 6.07 Å². The van der Waals surface area contributed by atoms with E-state index in [1.165, 1.54) is 12.1 Å². The zero-order chi connectivity index (χ0) is 19.5. The fourth-order valence-corrected chi connectivity index (χ4v) is 2.74. The molecule has 0 heterocycles. The molecule has 0 saturated heterocycles. The van der Waals surface area contributed by atoms with Crippen LogP contribution in [0.2, 0.25) is 5.02 Å². The summed E-state index contributed by atoms with van der Waals surface area (Å²) in [6.45, 7) is 1.89. The Labute approximate surface area is 153 Å². The second-order valence-electron chi connectivity index (χ2n) is 5.63. The highest BCUT2D eigenvalue weighted by atomic mass is 35.5. The van der Waals surface area contributed by atoms with Crippen molar-refractivity contribution in [3.8, 4) is 0 Å². The third-order valence-corrected chi connectivity index (χ3v) is 3.88. The Morgan fingerprint density at radius 1 is 1.19 bits per heavy atom. The number of nitrogens with one attached hydrogen (secondary N) is 1. The molecule has 8 heteroatoms. The Hall–Kier alpha value is -2.54. The molecular weight excluding hydrogens is 369 g/mol. The van der Waals surface area contributed by atoms with Crippen molar-refractivity contribution in [2.45, 2.75) is 25.9 Å². The second-order valence-corrected chi connectivity index (χ2v) is 6.07. The standard InChI is InChI=1S/C18H16ClF3N2O2/c1-2-4-10-8-13(19)9-14(16(23)25)15(10)24-17(26)11-5-3-6-12(7-11)18(20,21)22/h3,5-9H,2,4H2,1H3,(H2,23,25)(H,24,26). The van der Waals surface area contributed by atoms with Gasteiger partial charge in [0.1, 0.15) is 0 Å². The molecule has 0 aromatic heterocycles. The van der Waals surface area contributed by atoms with E-state index in [-0.39, 0.29) is 21.8 Å². The quantitative estimate of drug-likeness (QED) is 0.786. The van der Waals surface area contributed by atoms with Crippen molar-refractivity contribution >= 4 is 29.1 Å². The van der Waals surface area contributed by atoms with E-state index in [9.17, 15) is 22.8 Å². The molecule has 0 bridgehead atoms. The molecular formula is C18H16ClF3N2O2. The van der Waals surface area contributed by atoms with Crippen LogP contribution in [0.4, 0.5) is 18.9 Å². The molecule has 0 saturated carbocycles. The number of alkyl halides is 3. The molecule has 0 radical (unpaired) electrons. The molecule has 0 aliphatic heterocycles. The maximum absolute atomic E-state index is 12.8. The molecule has 0 fully saturated rings. The fraction of sp³-hybridized carbons (Fsp3) is 0.222. The predicted octanol–water partition coefficient (Wildman–Crippen LogP) is 4.66. The molecule has 4 nitrogen and oxygen atoms in total. The van der Waals surface area contributed by atoms with E-state index in [0.29, 0.717) is 18.4 Å². The number of carbonyl (C=O) groups excluding carboxylic acids is 2. The van der Waals surface area contributed by atoms with Crippen LogP contribution in [-0.2, 0) is 12.6 Å². The number of amides is 2. The summed E-state index contributed by atoms with van der Waals surface area (Å²) in [6.07, 6.45) is -3.37. The van der Waals surface area contributed by atoms with Gasteiger partial charge in [-0.1, -0.05) is 31.0 Å². The van der Waals surface area contributed by atoms with Crippen molar-refractivity contribution in [2.75, 3.05) is 5.32 Å². The fourth-order valence-electron chi connectivity index (χ4n) is 2.49. The lowest BCUT2D eigenvalue weighted by Crippen LogP contribution is -2.20. The number of hydrogen-bond donors (Lipinski definition) is 2. The van der Waals surface area contributed by atoms with Crippen molar-refractivity contribution in [1.29, 1.82) is 0 Å². The smallest absolute Gasteiger partial charge is 0.366 e. The Morgan fingerprint density at radius 3 is 2.46 bits per heavy atom. The van der Waals surface area contributed by atoms with Crippen molar-refractivity contribution in [2.24, 2.45) is 5.73 Å². The monoisotopic (exact) mass is 384 g/mol. The number of carbonyl (C=O) groups is 2. The predicted molar refractivity (Wildman–Crippen MR) is 93.4 cm³/mol. The summed E-state index contributed by atoms with van der Waals surface area (Å²) in [7, 11) is 0. The SMILES string of the molecule is CCCc1cc(Cl)cc(C(N)=O)c1NC(=O)c1cccc(C(F)(F)F)c1. The van der Waals surface area contributed by atoms with Gasteiger partial charge in [-0.2, -0.15) is 13.2 Å². The summed E-state index contributed by atoms with van der Waals surface area (Å²) in [5.41, 5.74) is 4.96. The highest BCUT2D eigenvalue weighted by Crippen LogP contribution is 2.31. The van der Waals surface area contributed by atoms with E-state index in [0.717, 1.165) is 18.2 Å². The van der Waals surface area contributed by atoms with Gasteiger partial charge in [0, 0.05) is 10.6 Å². The highest BCUT2D eigenvalue weighted by Gasteiger charge is 2.31. The molecule has 0 atom stereocenters. The normalized spacial score (nSPS) is 11.3. The minimum atomic E-state index is -4.57. The van der Waals surface area contributed by atoms with E-state index in [2.05, 4.69) is 5.32 Å². The Morgan fingerprint density at radius 2 is 1.88 bits per heavy atom. The molecule has 0 spiro atoms. The summed E-state index contributed by atoms with van der Waals surface area (Å²) in [5.74, 6) is -1.58. The lowest BCUT2D eigenvalue weighted by Gasteiger charge is -2.15. The Bertz CT molecular complexity index is 851. The summed E-state index contributed by atoms with van der Waals surface area (Å²) in [5, 5.41) is 2.78. The lowest BCUT2D eigenvalue weighted by molar-refractivity contribution is -0.137. The first kappa shape index (κ1) is 19.8. The summed E-state index contributed by atoms with van der Waals surface area (Å²) in [6, 6.07) is 6.90. The number of rotatable bonds is 5. The van der Waals surface area contributed by atoms with Crippen molar-refractivity contribution in [1.82, 2.24) is 0 Å². The minimum Gasteiger partial charge on any atom is -0.366 e. The van der Waals surface area contributed by atoms with Crippen LogP contribution in [-0.4, -0.2) is 11.8 Å². The lowest BCUT2D eigenvalue weighted by atomic mass is 10.0. The minimum absolute atomic E-state index is 0.00118. The van der Waals surface area contributed by atoms with Crippen LogP contribution in [0.15, 0.2) is 36.4 Å². The van der Waals surface area contributed by atoms with Gasteiger partial charge in [-0.25, -0.2) is 0 Å². The average Bonchev–Trinajstić information content (AvgIpc) is 2.56. The molecule has 0 unspecified atom stereocenters. The summed E-state index contributed by atoms with van der Waals surface area (Å²) < 4.78 is 38.5. The van der Waals surface area contributed by atoms with E-state index in [4.69, 9.17) is 17.3 Å². The maximum atomic E-state index is 12.8. The average molecular weight is 385 g/mol. The van der Waals surface area contributed by atoms with Gasteiger partial charge in [-0.15, -0.1) is 0 Å². The van der Waals surface area contributed by atoms with Crippen LogP contribution in [0.25, 0.3) is 0 Å². The van der Waals surface area contributed by atoms with Gasteiger partial charge in [0.15, 0.2) is 0 Å². The zero-order valence-corrected chi connectivity index (χ0v) is 14.5. The highest BCUT2D eigenvalue weighted by molar-refractivity contribution is 6.31. The van der Waals surface area contributed by atoms with Gasteiger partial charge in [-0.3, -0.25) is 9.59 Å². The molecule has 2 aromatic carbocycles. The third-order valence-electron chi connectivity index (χ3n) is 3.66. The Kier molecular flexibility index (Phi) is 5.92. The van der Waals surface area contributed by atoms with Crippen LogP contribution < -0.4 is 11.1 Å². The van der Waals surface area contributed by atoms with Crippen LogP contribution >= 0.6 is 11.6 Å². The molecule has 26 heavy (non-hydrogen) atoms. The molecule has 2 amide bonds. The van der Waals surface area contributed by atoms with Crippen molar-refractivity contribution < 1.29 is 22.8 Å². The second kappa shape index (κ2) is 7.78. The van der Waals surface area contributed by atoms with Gasteiger partial charge < -0.3 is 11.1 Å². The van der Waals surface area contributed by atoms with E-state index in [1.807, 2.05) is 6.92 Å². The van der Waals surface area contributed by atoms with Crippen LogP contribution in [0.5, 0.6) is 0 Å². The number of primary amides is 1. The number of hydrogen-bond acceptors (Lipinski definition) is 2. The first-order valence-electron chi connectivity index (χ1n) is 7.74. The van der Waals surface area contributed by atoms with Gasteiger partial charge in [0.05, 0.1) is 16.8 Å². The summed E-state index contributed by atoms with van der Waals surface area (Å²) >= 11 is 5.98. The number of anilines is 1. The van der Waals surface area contributed by atoms with E-state index < -0.39 is 23.6 Å². The van der Waals surface area contributed by atoms with Crippen LogP contribution in [0, 0.1) is 0 Å². The number of halogens is 4. The zero-order valence-electron chi connectivity index (χ0n) is 13.8. The first-order chi connectivity index (χ1) is 12.1. The van der Waals surface area contributed by atoms with Crippen LogP contribution in [0.3, 0.4) is 0 Å². The number of benzene rings is 2. The van der Waals surface area contributed by atoms with Gasteiger partial charge in [0.2, 0.25) is 0 Å². The molecule has 138 valence electrons. The van der Waals surface area contributed by atoms with Crippen molar-refractivity contribution in [3.63, 3.8) is 0 Å². The third kappa shape index (κ3) is 4.54. The molecule has 2 aromatic rings. The summed E-state index contributed by atoms with van der Waals surface area (Å²) in [4.78, 5) is 24.1. The largest absolute Gasteiger partial charge is 0.416 e. The number of nitrogens with two attached hydrogens (primary N) is 1. The molecule has 3 N–H and O–H groups in total. The van der Waals surface area contributed by atoms with Crippen LogP contribution in [0.1, 0.15) is 45.2 Å².